The van der Waals surface area contributed by atoms with Crippen LogP contribution >= 0.6 is 0 Å². The van der Waals surface area contributed by atoms with E-state index >= 15 is 0 Å². The lowest BCUT2D eigenvalue weighted by molar-refractivity contribution is 0.244. The quantitative estimate of drug-likeness (QED) is 0.249. The van der Waals surface area contributed by atoms with Crippen molar-refractivity contribution in [3.63, 3.8) is 0 Å². The number of nitrogens with zero attached hydrogens (tertiary/aromatic N) is 2. The Balaban J connectivity index is 3.69. The summed E-state index contributed by atoms with van der Waals surface area (Å²) >= 11 is 0. The monoisotopic (exact) mass is 422 g/mol. The van der Waals surface area contributed by atoms with Gasteiger partial charge >= 0.3 is 17.1 Å². The van der Waals surface area contributed by atoms with E-state index < -0.39 is 17.1 Å². The van der Waals surface area contributed by atoms with Crippen LogP contribution in [0.3, 0.4) is 0 Å². The largest absolute Gasteiger partial charge is 0.398 e. The average Bonchev–Trinajstić information content (AvgIpc) is 2.68. The van der Waals surface area contributed by atoms with Gasteiger partial charge < -0.3 is 27.5 Å². The molecule has 0 aliphatic heterocycles. The van der Waals surface area contributed by atoms with Gasteiger partial charge in [-0.15, -0.1) is 0 Å². The predicted octanol–water partition coefficient (Wildman–Crippen LogP) is 3.53. The van der Waals surface area contributed by atoms with Crippen molar-refractivity contribution in [3.8, 4) is 0 Å². The maximum atomic E-state index is 5.54. The Kier molecular flexibility index (Phi) is 15.2. The molecule has 6 nitrogen and oxygen atoms in total. The topological polar surface area (TPSA) is 43.4 Å². The van der Waals surface area contributed by atoms with Crippen LogP contribution in [0.2, 0.25) is 25.2 Å². The maximum Gasteiger partial charge on any atom is 0.334 e. The fourth-order valence-electron chi connectivity index (χ4n) is 3.06. The molecule has 0 saturated heterocycles. The zero-order valence-electron chi connectivity index (χ0n) is 19.3. The van der Waals surface area contributed by atoms with E-state index in [0.717, 1.165) is 38.3 Å². The van der Waals surface area contributed by atoms with Gasteiger partial charge in [0.2, 0.25) is 0 Å². The molecule has 0 spiro atoms. The lowest BCUT2D eigenvalue weighted by atomic mass is 10.3. The minimum atomic E-state index is -1.88. The zero-order chi connectivity index (χ0) is 20.8. The van der Waals surface area contributed by atoms with E-state index in [2.05, 4.69) is 37.0 Å². The smallest absolute Gasteiger partial charge is 0.334 e. The third kappa shape index (κ3) is 13.1. The van der Waals surface area contributed by atoms with Crippen molar-refractivity contribution in [2.45, 2.75) is 57.3 Å². The molecule has 0 aliphatic carbocycles. The summed E-state index contributed by atoms with van der Waals surface area (Å²) in [5.41, 5.74) is 0. The summed E-state index contributed by atoms with van der Waals surface area (Å²) in [7, 11) is 7.78. The number of hydrogen-bond acceptors (Lipinski definition) is 6. The first-order chi connectivity index (χ1) is 12.7. The second-order valence-electron chi connectivity index (χ2n) is 7.96. The summed E-state index contributed by atoms with van der Waals surface area (Å²) in [4.78, 5) is 4.89. The maximum absolute atomic E-state index is 5.54. The van der Waals surface area contributed by atoms with Crippen LogP contribution in [0, 0.1) is 0 Å². The SMILES string of the molecule is CO[Si](C)(CCCCN(C)CCCN(C)CCCC[Si](C)(OC)OC)OC. The summed E-state index contributed by atoms with van der Waals surface area (Å²) in [6.45, 7) is 8.90. The van der Waals surface area contributed by atoms with Gasteiger partial charge in [-0.2, -0.15) is 0 Å². The average molecular weight is 423 g/mol. The van der Waals surface area contributed by atoms with Gasteiger partial charge in [0.1, 0.15) is 0 Å². The minimum Gasteiger partial charge on any atom is -0.398 e. The molecule has 164 valence electrons. The highest BCUT2D eigenvalue weighted by atomic mass is 28.4. The van der Waals surface area contributed by atoms with E-state index in [1.165, 1.54) is 32.1 Å². The van der Waals surface area contributed by atoms with Crippen LogP contribution in [-0.2, 0) is 17.7 Å². The van der Waals surface area contributed by atoms with Gasteiger partial charge in [0, 0.05) is 28.4 Å². The van der Waals surface area contributed by atoms with E-state index in [1.807, 2.05) is 0 Å². The third-order valence-corrected chi connectivity index (χ3v) is 11.6. The fourth-order valence-corrected chi connectivity index (χ4v) is 6.00. The van der Waals surface area contributed by atoms with Crippen molar-refractivity contribution in [1.29, 1.82) is 0 Å². The third-order valence-electron chi connectivity index (χ3n) is 5.65. The second kappa shape index (κ2) is 15.1. The van der Waals surface area contributed by atoms with Crippen LogP contribution in [0.5, 0.6) is 0 Å². The normalized spacial score (nSPS) is 13.1. The highest BCUT2D eigenvalue weighted by Gasteiger charge is 2.28. The van der Waals surface area contributed by atoms with Crippen LogP contribution in [-0.4, -0.2) is 95.6 Å². The number of rotatable bonds is 18. The molecule has 0 heterocycles. The van der Waals surface area contributed by atoms with Gasteiger partial charge in [0.05, 0.1) is 0 Å². The standard InChI is InChI=1S/C19H46N2O4Si2/c1-20(14-9-11-18-26(7,22-3)23-4)16-13-17-21(2)15-10-12-19-27(8,24-5)25-6/h9-19H2,1-8H3. The van der Waals surface area contributed by atoms with Crippen molar-refractivity contribution in [1.82, 2.24) is 9.80 Å². The zero-order valence-corrected chi connectivity index (χ0v) is 21.3. The van der Waals surface area contributed by atoms with Gasteiger partial charge in [-0.3, -0.25) is 0 Å². The second-order valence-corrected chi connectivity index (χ2v) is 15.1. The molecule has 0 bridgehead atoms. The molecular formula is C19H46N2O4Si2. The predicted molar refractivity (Wildman–Crippen MR) is 119 cm³/mol. The molecule has 0 fully saturated rings. The molecule has 0 unspecified atom stereocenters. The van der Waals surface area contributed by atoms with Crippen molar-refractivity contribution in [3.05, 3.63) is 0 Å². The summed E-state index contributed by atoms with van der Waals surface area (Å²) < 4.78 is 22.2. The van der Waals surface area contributed by atoms with E-state index in [1.54, 1.807) is 28.4 Å². The Morgan fingerprint density at radius 3 is 1.11 bits per heavy atom. The minimum absolute atomic E-state index is 1.07. The molecular weight excluding hydrogens is 376 g/mol. The van der Waals surface area contributed by atoms with Crippen LogP contribution in [0.15, 0.2) is 0 Å². The van der Waals surface area contributed by atoms with Gasteiger partial charge in [-0.1, -0.05) is 12.8 Å². The summed E-state index contributed by atoms with van der Waals surface area (Å²) in [5, 5.41) is 0. The highest BCUT2D eigenvalue weighted by molar-refractivity contribution is 6.66. The molecule has 0 amide bonds. The molecule has 0 aromatic rings. The van der Waals surface area contributed by atoms with E-state index in [4.69, 9.17) is 17.7 Å². The molecule has 0 N–H and O–H groups in total. The van der Waals surface area contributed by atoms with Crippen molar-refractivity contribution in [2.24, 2.45) is 0 Å². The van der Waals surface area contributed by atoms with Gasteiger partial charge in [-0.25, -0.2) is 0 Å². The lowest BCUT2D eigenvalue weighted by Gasteiger charge is -2.24. The van der Waals surface area contributed by atoms with Crippen LogP contribution in [0.25, 0.3) is 0 Å². The van der Waals surface area contributed by atoms with Crippen LogP contribution < -0.4 is 0 Å². The molecule has 0 atom stereocenters. The Morgan fingerprint density at radius 2 is 0.815 bits per heavy atom. The summed E-state index contributed by atoms with van der Waals surface area (Å²) in [5.74, 6) is 0. The first-order valence-corrected chi connectivity index (χ1v) is 15.4. The Labute approximate surface area is 171 Å². The molecule has 27 heavy (non-hydrogen) atoms. The Hall–Kier alpha value is 0.194. The summed E-state index contributed by atoms with van der Waals surface area (Å²) in [6, 6.07) is 2.15. The lowest BCUT2D eigenvalue weighted by Crippen LogP contribution is -2.36. The fraction of sp³-hybridized carbons (Fsp3) is 1.00. The summed E-state index contributed by atoms with van der Waals surface area (Å²) in [6.07, 6.45) is 6.00. The molecule has 0 aromatic heterocycles. The van der Waals surface area contributed by atoms with Crippen molar-refractivity contribution < 1.29 is 17.7 Å². The molecule has 0 rings (SSSR count). The number of unbranched alkanes of at least 4 members (excludes halogenated alkanes) is 2. The van der Waals surface area contributed by atoms with Crippen LogP contribution in [0.1, 0.15) is 32.1 Å². The number of hydrogen-bond donors (Lipinski definition) is 0. The molecule has 8 heteroatoms. The molecule has 0 aromatic carbocycles. The van der Waals surface area contributed by atoms with Crippen molar-refractivity contribution >= 4 is 17.1 Å². The van der Waals surface area contributed by atoms with Gasteiger partial charge in [0.25, 0.3) is 0 Å². The Morgan fingerprint density at radius 1 is 0.519 bits per heavy atom. The van der Waals surface area contributed by atoms with Crippen LogP contribution in [0.4, 0.5) is 0 Å². The first kappa shape index (κ1) is 27.2. The molecule has 0 radical (unpaired) electrons. The first-order valence-electron chi connectivity index (χ1n) is 10.3. The van der Waals surface area contributed by atoms with E-state index in [-0.39, 0.29) is 0 Å². The van der Waals surface area contributed by atoms with Gasteiger partial charge in [-0.05, 0) is 84.7 Å². The van der Waals surface area contributed by atoms with E-state index in [0.29, 0.717) is 0 Å². The Bertz CT molecular complexity index is 325. The molecule has 0 aliphatic rings. The van der Waals surface area contributed by atoms with Gasteiger partial charge in [0.15, 0.2) is 0 Å². The molecule has 0 saturated carbocycles. The van der Waals surface area contributed by atoms with E-state index in [9.17, 15) is 0 Å². The highest BCUT2D eigenvalue weighted by Crippen LogP contribution is 2.16. The van der Waals surface area contributed by atoms with Crippen molar-refractivity contribution in [2.75, 3.05) is 68.7 Å².